The molecule has 0 aliphatic carbocycles. The van der Waals surface area contributed by atoms with Crippen molar-refractivity contribution in [1.82, 2.24) is 39.9 Å². The second-order valence-electron chi connectivity index (χ2n) is 22.9. The molecule has 12 nitrogen and oxygen atoms in total. The van der Waals surface area contributed by atoms with Gasteiger partial charge in [0.05, 0.1) is 66.9 Å². The number of H-pyrrole nitrogens is 2. The van der Waals surface area contributed by atoms with Crippen LogP contribution in [-0.2, 0) is 0 Å². The van der Waals surface area contributed by atoms with Crippen LogP contribution >= 0.6 is 0 Å². The second kappa shape index (κ2) is 19.5. The van der Waals surface area contributed by atoms with Gasteiger partial charge in [0.15, 0.2) is 0 Å². The van der Waals surface area contributed by atoms with Crippen molar-refractivity contribution in [3.05, 3.63) is 241 Å². The van der Waals surface area contributed by atoms with Gasteiger partial charge in [-0.1, -0.05) is 121 Å². The molecule has 0 fully saturated rings. The Morgan fingerprint density at radius 2 is 0.489 bits per heavy atom. The highest BCUT2D eigenvalue weighted by Crippen LogP contribution is 2.41. The van der Waals surface area contributed by atoms with E-state index in [1.54, 1.807) is 0 Å². The molecule has 10 heterocycles. The Kier molecular flexibility index (Phi) is 11.0. The van der Waals surface area contributed by atoms with E-state index in [2.05, 4.69) is 58.5 Å². The summed E-state index contributed by atoms with van der Waals surface area (Å²) >= 11 is 0. The van der Waals surface area contributed by atoms with Crippen molar-refractivity contribution >= 4 is 155 Å². The number of nitrogens with zero attached hydrogens (tertiary/aromatic N) is 6. The molecule has 422 valence electrons. The molecule has 8 aromatic heterocycles. The van der Waals surface area contributed by atoms with Crippen LogP contribution in [0.3, 0.4) is 0 Å². The van der Waals surface area contributed by atoms with Crippen LogP contribution in [0.5, 0.6) is 23.0 Å². The molecule has 0 atom stereocenters. The lowest BCUT2D eigenvalue weighted by atomic mass is 9.97. The minimum Gasteiger partial charge on any atom is -0.507 e. The molecular formula is C78H46N8O4. The Morgan fingerprint density at radius 1 is 0.222 bits per heavy atom. The van der Waals surface area contributed by atoms with Gasteiger partial charge in [-0.05, 0) is 144 Å². The lowest BCUT2D eigenvalue weighted by Gasteiger charge is -2.09. The van der Waals surface area contributed by atoms with Gasteiger partial charge in [-0.2, -0.15) is 0 Å². The van der Waals surface area contributed by atoms with Crippen molar-refractivity contribution in [2.75, 3.05) is 0 Å². The molecular weight excluding hydrogens is 1110 g/mol. The summed E-state index contributed by atoms with van der Waals surface area (Å²) in [5, 5.41) is 56.7. The predicted octanol–water partition coefficient (Wildman–Crippen LogP) is 18.7. The molecule has 0 radical (unpaired) electrons. The summed E-state index contributed by atoms with van der Waals surface area (Å²) in [5.41, 5.74) is 16.0. The van der Waals surface area contributed by atoms with Crippen molar-refractivity contribution < 1.29 is 20.4 Å². The van der Waals surface area contributed by atoms with Gasteiger partial charge in [0.25, 0.3) is 0 Å². The van der Waals surface area contributed by atoms with Gasteiger partial charge in [-0.15, -0.1) is 0 Å². The molecule has 8 aromatic carbocycles. The standard InChI is InChI=1S/C78H46N8O4/c87-75-49-5-1-9-53(75)61-29-25-45-21-22-46-26-30-62(84-72(46)71(45)83-61)54-10-2-6-50(76(54)88)58-34-38-66(80-58)69(65-37-33-57(49)79-65)43-17-13-41(14-18-43)42-15-19-44(20-16-42)70-67-39-35-59(81-67)51-7-3-11-55(77(51)89)63-31-27-47-23-24-48-28-32-64(86-74(48)73(47)85-63)56-12-4-8-52(78(56)90)60-36-40-68(70)82-60/h1-40,79,81,87-90H. The van der Waals surface area contributed by atoms with E-state index < -0.39 is 0 Å². The lowest BCUT2D eigenvalue weighted by Crippen LogP contribution is -1.88. The third-order valence-corrected chi connectivity index (χ3v) is 17.8. The fraction of sp³-hybridized carbons (Fsp3) is 0. The Morgan fingerprint density at radius 3 is 0.833 bits per heavy atom. The summed E-state index contributed by atoms with van der Waals surface area (Å²) in [6, 6.07) is 71.2. The number of rotatable bonds is 3. The van der Waals surface area contributed by atoms with E-state index in [0.717, 1.165) is 66.0 Å². The number of phenols is 4. The number of aromatic hydroxyl groups is 4. The maximum atomic E-state index is 12.1. The van der Waals surface area contributed by atoms with Crippen molar-refractivity contribution in [3.63, 3.8) is 0 Å². The minimum absolute atomic E-state index is 0.0661. The number of aromatic nitrogens is 8. The van der Waals surface area contributed by atoms with Crippen LogP contribution in [0, 0.1) is 0 Å². The Bertz CT molecular complexity index is 5830. The zero-order valence-corrected chi connectivity index (χ0v) is 47.6. The number of hydrogen-bond donors (Lipinski definition) is 6. The van der Waals surface area contributed by atoms with Crippen molar-refractivity contribution in [3.8, 4) is 56.4 Å². The highest BCUT2D eigenvalue weighted by Gasteiger charge is 2.19. The van der Waals surface area contributed by atoms with Crippen LogP contribution in [0.15, 0.2) is 218 Å². The number of pyridine rings is 4. The quantitative estimate of drug-likeness (QED) is 0.0929. The van der Waals surface area contributed by atoms with E-state index in [4.69, 9.17) is 29.9 Å². The number of phenolic OH excluding ortho intramolecular Hbond substituents is 4. The molecule has 18 rings (SSSR count). The smallest absolute Gasteiger partial charge is 0.134 e. The molecule has 2 aliphatic rings. The average Bonchev–Trinajstić information content (AvgIpc) is 1.06. The van der Waals surface area contributed by atoms with Crippen LogP contribution in [0.25, 0.3) is 189 Å². The molecule has 0 spiro atoms. The molecule has 0 unspecified atom stereocenters. The van der Waals surface area contributed by atoms with Crippen molar-refractivity contribution in [2.45, 2.75) is 0 Å². The topological polar surface area (TPSA) is 190 Å². The largest absolute Gasteiger partial charge is 0.507 e. The van der Waals surface area contributed by atoms with E-state index in [-0.39, 0.29) is 23.0 Å². The molecule has 90 heavy (non-hydrogen) atoms. The Labute approximate surface area is 510 Å². The van der Waals surface area contributed by atoms with E-state index >= 15 is 0 Å². The zero-order valence-electron chi connectivity index (χ0n) is 47.6. The maximum absolute atomic E-state index is 12.1. The third kappa shape index (κ3) is 7.95. The van der Waals surface area contributed by atoms with Crippen LogP contribution in [0.2, 0.25) is 0 Å². The zero-order chi connectivity index (χ0) is 59.9. The fourth-order valence-electron chi connectivity index (χ4n) is 13.2. The number of nitrogens with one attached hydrogen (secondary N) is 2. The first kappa shape index (κ1) is 50.8. The van der Waals surface area contributed by atoms with Gasteiger partial charge in [0.2, 0.25) is 0 Å². The molecule has 2 aliphatic heterocycles. The molecule has 16 aromatic rings. The van der Waals surface area contributed by atoms with E-state index in [1.807, 2.05) is 194 Å². The third-order valence-electron chi connectivity index (χ3n) is 17.8. The summed E-state index contributed by atoms with van der Waals surface area (Å²) in [6.07, 6.45) is 7.81. The van der Waals surface area contributed by atoms with Gasteiger partial charge >= 0.3 is 0 Å². The first-order valence-electron chi connectivity index (χ1n) is 29.6. The van der Waals surface area contributed by atoms with Crippen molar-refractivity contribution in [2.24, 2.45) is 0 Å². The van der Waals surface area contributed by atoms with Crippen LogP contribution in [0.1, 0.15) is 22.8 Å². The van der Waals surface area contributed by atoms with Gasteiger partial charge in [0, 0.05) is 97.8 Å². The number of fused-ring (bicyclic) bond motifs is 28. The molecule has 0 saturated heterocycles. The normalized spacial score (nSPS) is 12.3. The predicted molar refractivity (Wildman–Crippen MR) is 366 cm³/mol. The first-order chi connectivity index (χ1) is 44.2. The summed E-state index contributed by atoms with van der Waals surface area (Å²) < 4.78 is 0. The summed E-state index contributed by atoms with van der Waals surface area (Å²) in [5.74, 6) is 0.311. The van der Waals surface area contributed by atoms with Crippen LogP contribution in [0.4, 0.5) is 0 Å². The lowest BCUT2D eigenvalue weighted by molar-refractivity contribution is 0.486. The number of benzene rings is 8. The fourth-order valence-corrected chi connectivity index (χ4v) is 13.2. The first-order valence-corrected chi connectivity index (χ1v) is 29.6. The average molecular weight is 1160 g/mol. The Balaban J connectivity index is 0.792. The van der Waals surface area contributed by atoms with E-state index in [1.165, 1.54) is 0 Å². The van der Waals surface area contributed by atoms with Gasteiger partial charge in [-0.25, -0.2) is 29.9 Å². The Hall–Kier alpha value is -12.5. The number of aromatic amines is 2. The van der Waals surface area contributed by atoms with Gasteiger partial charge < -0.3 is 30.4 Å². The van der Waals surface area contributed by atoms with Gasteiger partial charge in [-0.3, -0.25) is 0 Å². The highest BCUT2D eigenvalue weighted by atomic mass is 16.3. The summed E-state index contributed by atoms with van der Waals surface area (Å²) in [7, 11) is 0. The minimum atomic E-state index is 0.0661. The van der Waals surface area contributed by atoms with Crippen molar-refractivity contribution in [1.29, 1.82) is 0 Å². The molecule has 0 amide bonds. The molecule has 12 heteroatoms. The van der Waals surface area contributed by atoms with Crippen LogP contribution in [-0.4, -0.2) is 60.3 Å². The number of para-hydroxylation sites is 4. The highest BCUT2D eigenvalue weighted by molar-refractivity contribution is 6.11. The SMILES string of the molecule is Oc1c2cccc1c1ccc3ccc4ccc(nc4c3n1)c1cccc(c1O)c1ccc([nH]1)c(-c1ccc(-c3ccc(-c4c5nc(c6cccc(c6O)c6ccc7ccc8ccc(nc8c7n6)c6cccc(c6O)c6ccc4[nH]6)C=C5)cc3)cc1)c1nc2C=C1. The number of hydrogen-bond acceptors (Lipinski definition) is 10. The monoisotopic (exact) mass is 1160 g/mol. The van der Waals surface area contributed by atoms with Crippen LogP contribution < -0.4 is 0 Å². The maximum Gasteiger partial charge on any atom is 0.134 e. The van der Waals surface area contributed by atoms with E-state index in [9.17, 15) is 20.4 Å². The van der Waals surface area contributed by atoms with Gasteiger partial charge in [0.1, 0.15) is 23.0 Å². The summed E-state index contributed by atoms with van der Waals surface area (Å²) in [4.78, 5) is 38.3. The molecule has 0 saturated carbocycles. The molecule has 6 N–H and O–H groups in total. The summed E-state index contributed by atoms with van der Waals surface area (Å²) in [6.45, 7) is 0. The van der Waals surface area contributed by atoms with E-state index in [0.29, 0.717) is 121 Å². The molecule has 24 bridgehead atoms. The second-order valence-corrected chi connectivity index (χ2v) is 22.9.